The van der Waals surface area contributed by atoms with Gasteiger partial charge in [-0.1, -0.05) is 30.3 Å². The van der Waals surface area contributed by atoms with Crippen LogP contribution in [0.1, 0.15) is 32.8 Å². The van der Waals surface area contributed by atoms with Gasteiger partial charge in [-0.25, -0.2) is 0 Å². The third-order valence-electron chi connectivity index (χ3n) is 4.42. The molecule has 0 amide bonds. The summed E-state index contributed by atoms with van der Waals surface area (Å²) in [5.74, 6) is 0. The zero-order chi connectivity index (χ0) is 14.1. The lowest BCUT2D eigenvalue weighted by Crippen LogP contribution is -3.20. The van der Waals surface area contributed by atoms with Gasteiger partial charge >= 0.3 is 0 Å². The van der Waals surface area contributed by atoms with E-state index in [1.165, 1.54) is 44.6 Å². The van der Waals surface area contributed by atoms with Crippen LogP contribution in [0, 0.1) is 0 Å². The van der Waals surface area contributed by atoms with Crippen molar-refractivity contribution in [2.75, 3.05) is 33.2 Å². The molecule has 0 bridgehead atoms. The van der Waals surface area contributed by atoms with Gasteiger partial charge in [0.15, 0.2) is 0 Å². The standard InChI is InChI=1S/C17H30N2/c1-5-19(6-2)15-14-18(4)16(3)12-13-17-10-8-7-9-11-17/h7-11,16H,5-6,12-15H2,1-4H3/p+2/t16-/m0/s1. The van der Waals surface area contributed by atoms with Crippen molar-refractivity contribution in [1.82, 2.24) is 0 Å². The van der Waals surface area contributed by atoms with Crippen molar-refractivity contribution in [3.05, 3.63) is 35.9 Å². The summed E-state index contributed by atoms with van der Waals surface area (Å²) in [5, 5.41) is 0. The SMILES string of the molecule is CC[NH+](CC)CC[NH+](C)[C@@H](C)CCc1ccccc1. The molecule has 0 spiro atoms. The number of nitrogens with one attached hydrogen (secondary N) is 2. The van der Waals surface area contributed by atoms with Crippen molar-refractivity contribution < 1.29 is 9.80 Å². The predicted molar refractivity (Wildman–Crippen MR) is 82.9 cm³/mol. The van der Waals surface area contributed by atoms with Crippen LogP contribution in [-0.4, -0.2) is 39.3 Å². The van der Waals surface area contributed by atoms with Crippen LogP contribution < -0.4 is 9.80 Å². The van der Waals surface area contributed by atoms with Crippen molar-refractivity contribution in [3.8, 4) is 0 Å². The molecule has 0 fully saturated rings. The lowest BCUT2D eigenvalue weighted by molar-refractivity contribution is -0.957. The van der Waals surface area contributed by atoms with Crippen molar-refractivity contribution in [2.24, 2.45) is 0 Å². The molecule has 0 aromatic heterocycles. The molecule has 2 heteroatoms. The summed E-state index contributed by atoms with van der Waals surface area (Å²) in [4.78, 5) is 3.39. The average molecular weight is 264 g/mol. The molecule has 0 radical (unpaired) electrons. The van der Waals surface area contributed by atoms with Gasteiger partial charge in [0.1, 0.15) is 13.1 Å². The maximum absolute atomic E-state index is 2.38. The average Bonchev–Trinajstić information content (AvgIpc) is 2.46. The Labute approximate surface area is 119 Å². The molecule has 0 saturated heterocycles. The van der Waals surface area contributed by atoms with Gasteiger partial charge in [0.2, 0.25) is 0 Å². The number of quaternary nitrogens is 2. The molecular formula is C17H32N2+2. The zero-order valence-electron chi connectivity index (χ0n) is 13.2. The first-order valence-electron chi connectivity index (χ1n) is 7.87. The van der Waals surface area contributed by atoms with Crippen molar-refractivity contribution in [2.45, 2.75) is 39.7 Å². The summed E-state index contributed by atoms with van der Waals surface area (Å²) in [7, 11) is 2.35. The number of likely N-dealkylation sites (N-methyl/N-ethyl adjacent to an activating group) is 2. The molecular weight excluding hydrogens is 232 g/mol. The maximum Gasteiger partial charge on any atom is 0.127 e. The Morgan fingerprint density at radius 3 is 2.21 bits per heavy atom. The van der Waals surface area contributed by atoms with Gasteiger partial charge in [0.25, 0.3) is 0 Å². The molecule has 2 N–H and O–H groups in total. The Hall–Kier alpha value is -0.860. The van der Waals surface area contributed by atoms with E-state index in [2.05, 4.69) is 58.2 Å². The molecule has 2 atom stereocenters. The summed E-state index contributed by atoms with van der Waals surface area (Å²) in [6, 6.07) is 11.6. The molecule has 1 unspecified atom stereocenters. The topological polar surface area (TPSA) is 8.88 Å². The predicted octanol–water partition coefficient (Wildman–Crippen LogP) is 0.447. The number of aryl methyl sites for hydroxylation is 1. The molecule has 1 aromatic carbocycles. The minimum absolute atomic E-state index is 0.746. The highest BCUT2D eigenvalue weighted by Gasteiger charge is 2.14. The van der Waals surface area contributed by atoms with E-state index in [4.69, 9.17) is 0 Å². The lowest BCUT2D eigenvalue weighted by atomic mass is 10.1. The molecule has 0 aliphatic carbocycles. The van der Waals surface area contributed by atoms with E-state index in [1.807, 2.05) is 0 Å². The molecule has 0 aliphatic rings. The number of benzene rings is 1. The molecule has 1 aromatic rings. The van der Waals surface area contributed by atoms with E-state index in [-0.39, 0.29) is 0 Å². The molecule has 108 valence electrons. The highest BCUT2D eigenvalue weighted by Crippen LogP contribution is 2.03. The monoisotopic (exact) mass is 264 g/mol. The Balaban J connectivity index is 2.26. The van der Waals surface area contributed by atoms with Crippen LogP contribution in [0.2, 0.25) is 0 Å². The van der Waals surface area contributed by atoms with E-state index in [1.54, 1.807) is 9.80 Å². The largest absolute Gasteiger partial charge is 0.331 e. The van der Waals surface area contributed by atoms with Crippen LogP contribution >= 0.6 is 0 Å². The zero-order valence-corrected chi connectivity index (χ0v) is 13.2. The van der Waals surface area contributed by atoms with Gasteiger partial charge in [0, 0.05) is 6.42 Å². The van der Waals surface area contributed by atoms with Crippen LogP contribution in [0.25, 0.3) is 0 Å². The van der Waals surface area contributed by atoms with Crippen LogP contribution in [0.5, 0.6) is 0 Å². The van der Waals surface area contributed by atoms with Gasteiger partial charge in [-0.05, 0) is 32.8 Å². The Bertz CT molecular complexity index is 319. The van der Waals surface area contributed by atoms with Crippen molar-refractivity contribution in [1.29, 1.82) is 0 Å². The van der Waals surface area contributed by atoms with Crippen molar-refractivity contribution in [3.63, 3.8) is 0 Å². The van der Waals surface area contributed by atoms with E-state index < -0.39 is 0 Å². The highest BCUT2D eigenvalue weighted by molar-refractivity contribution is 5.14. The molecule has 0 heterocycles. The Kier molecular flexibility index (Phi) is 7.76. The minimum Gasteiger partial charge on any atom is -0.331 e. The van der Waals surface area contributed by atoms with Gasteiger partial charge in [-0.3, -0.25) is 0 Å². The molecule has 2 nitrogen and oxygen atoms in total. The first-order chi connectivity index (χ1) is 9.17. The second kappa shape index (κ2) is 9.11. The minimum atomic E-state index is 0.746. The van der Waals surface area contributed by atoms with Crippen LogP contribution in [0.4, 0.5) is 0 Å². The molecule has 0 saturated carbocycles. The first-order valence-corrected chi connectivity index (χ1v) is 7.87. The number of hydrogen-bond donors (Lipinski definition) is 2. The van der Waals surface area contributed by atoms with Crippen molar-refractivity contribution >= 4 is 0 Å². The van der Waals surface area contributed by atoms with E-state index in [0.717, 1.165) is 6.04 Å². The van der Waals surface area contributed by atoms with Gasteiger partial charge in [-0.2, -0.15) is 0 Å². The Morgan fingerprint density at radius 2 is 1.63 bits per heavy atom. The fraction of sp³-hybridized carbons (Fsp3) is 0.647. The van der Waals surface area contributed by atoms with E-state index in [0.29, 0.717) is 0 Å². The Morgan fingerprint density at radius 1 is 1.00 bits per heavy atom. The van der Waals surface area contributed by atoms with Gasteiger partial charge in [-0.15, -0.1) is 0 Å². The maximum atomic E-state index is 2.38. The van der Waals surface area contributed by atoms with E-state index in [9.17, 15) is 0 Å². The number of hydrogen-bond acceptors (Lipinski definition) is 0. The summed E-state index contributed by atoms with van der Waals surface area (Å²) in [6.45, 7) is 12.0. The summed E-state index contributed by atoms with van der Waals surface area (Å²) in [6.07, 6.45) is 2.49. The summed E-state index contributed by atoms with van der Waals surface area (Å²) >= 11 is 0. The summed E-state index contributed by atoms with van der Waals surface area (Å²) < 4.78 is 0. The van der Waals surface area contributed by atoms with E-state index >= 15 is 0 Å². The quantitative estimate of drug-likeness (QED) is 0.641. The second-order valence-corrected chi connectivity index (χ2v) is 5.73. The fourth-order valence-electron chi connectivity index (χ4n) is 2.50. The van der Waals surface area contributed by atoms with Gasteiger partial charge < -0.3 is 9.80 Å². The highest BCUT2D eigenvalue weighted by atomic mass is 15.2. The summed E-state index contributed by atoms with van der Waals surface area (Å²) in [5.41, 5.74) is 1.47. The fourth-order valence-corrected chi connectivity index (χ4v) is 2.50. The molecule has 19 heavy (non-hydrogen) atoms. The normalized spacial score (nSPS) is 14.6. The third-order valence-corrected chi connectivity index (χ3v) is 4.42. The lowest BCUT2D eigenvalue weighted by Gasteiger charge is -2.24. The first kappa shape index (κ1) is 16.2. The van der Waals surface area contributed by atoms with Crippen LogP contribution in [0.15, 0.2) is 30.3 Å². The number of rotatable bonds is 9. The van der Waals surface area contributed by atoms with Crippen LogP contribution in [-0.2, 0) is 6.42 Å². The molecule has 1 rings (SSSR count). The smallest absolute Gasteiger partial charge is 0.127 e. The molecule has 0 aliphatic heterocycles. The van der Waals surface area contributed by atoms with Crippen LogP contribution in [0.3, 0.4) is 0 Å². The third kappa shape index (κ3) is 6.22. The van der Waals surface area contributed by atoms with Gasteiger partial charge in [0.05, 0.1) is 26.2 Å². The second-order valence-electron chi connectivity index (χ2n) is 5.73.